The maximum Gasteiger partial charge on any atom is 0.104 e. The van der Waals surface area contributed by atoms with Crippen molar-refractivity contribution in [1.29, 1.82) is 0 Å². The van der Waals surface area contributed by atoms with Gasteiger partial charge in [0, 0.05) is 5.56 Å². The fraction of sp³-hybridized carbons (Fsp3) is 0.684. The molecule has 1 nitrogen and oxygen atoms in total. The largest absolute Gasteiger partial charge is 0.320 e. The molecule has 1 aliphatic heterocycles. The SMILES string of the molecule is CCC(C)(C)c1cccc(C[N+]2(CC)CCCCC2)c1. The second-order valence-corrected chi connectivity index (χ2v) is 7.26. The van der Waals surface area contributed by atoms with Gasteiger partial charge in [-0.1, -0.05) is 39.0 Å². The van der Waals surface area contributed by atoms with Gasteiger partial charge >= 0.3 is 0 Å². The van der Waals surface area contributed by atoms with E-state index in [2.05, 4.69) is 52.0 Å². The second-order valence-electron chi connectivity index (χ2n) is 7.26. The molecule has 0 N–H and O–H groups in total. The number of benzene rings is 1. The molecule has 1 aromatic carbocycles. The van der Waals surface area contributed by atoms with Crippen LogP contribution in [0.3, 0.4) is 0 Å². The number of piperidine rings is 1. The van der Waals surface area contributed by atoms with Crippen LogP contribution in [0, 0.1) is 0 Å². The maximum absolute atomic E-state index is 2.47. The van der Waals surface area contributed by atoms with Crippen molar-refractivity contribution >= 4 is 0 Å². The third kappa shape index (κ3) is 3.44. The lowest BCUT2D eigenvalue weighted by atomic mass is 9.81. The molecule has 0 atom stereocenters. The summed E-state index contributed by atoms with van der Waals surface area (Å²) in [6, 6.07) is 9.37. The van der Waals surface area contributed by atoms with Gasteiger partial charge in [0.1, 0.15) is 6.54 Å². The summed E-state index contributed by atoms with van der Waals surface area (Å²) < 4.78 is 1.30. The molecule has 0 saturated carbocycles. The van der Waals surface area contributed by atoms with Crippen LogP contribution in [0.5, 0.6) is 0 Å². The summed E-state index contributed by atoms with van der Waals surface area (Å²) in [6.45, 7) is 14.6. The standard InChI is InChI=1S/C19H32N/c1-5-19(3,4)18-12-10-11-17(15-18)16-20(6-2)13-8-7-9-14-20/h10-12,15H,5-9,13-14,16H2,1-4H3/q+1. The van der Waals surface area contributed by atoms with Gasteiger partial charge in [-0.3, -0.25) is 0 Å². The first-order chi connectivity index (χ1) is 9.51. The molecule has 1 aliphatic rings. The van der Waals surface area contributed by atoms with E-state index in [-0.39, 0.29) is 0 Å². The van der Waals surface area contributed by atoms with E-state index < -0.39 is 0 Å². The zero-order valence-electron chi connectivity index (χ0n) is 13.9. The van der Waals surface area contributed by atoms with Crippen molar-refractivity contribution in [3.05, 3.63) is 35.4 Å². The summed E-state index contributed by atoms with van der Waals surface area (Å²) in [4.78, 5) is 0. The highest BCUT2D eigenvalue weighted by atomic mass is 15.3. The zero-order valence-corrected chi connectivity index (χ0v) is 13.9. The van der Waals surface area contributed by atoms with Crippen molar-refractivity contribution in [2.45, 2.75) is 65.3 Å². The predicted molar refractivity (Wildman–Crippen MR) is 87.8 cm³/mol. The Bertz CT molecular complexity index is 427. The van der Waals surface area contributed by atoms with Gasteiger partial charge in [-0.25, -0.2) is 0 Å². The molecule has 0 aliphatic carbocycles. The van der Waals surface area contributed by atoms with Crippen molar-refractivity contribution < 1.29 is 4.48 Å². The minimum absolute atomic E-state index is 0.301. The number of quaternary nitrogens is 1. The summed E-state index contributed by atoms with van der Waals surface area (Å²) in [5.41, 5.74) is 3.34. The highest BCUT2D eigenvalue weighted by molar-refractivity contribution is 5.28. The summed E-state index contributed by atoms with van der Waals surface area (Å²) in [6.07, 6.45) is 5.45. The molecule has 1 heterocycles. The minimum Gasteiger partial charge on any atom is -0.320 e. The Morgan fingerprint density at radius 3 is 2.35 bits per heavy atom. The lowest BCUT2D eigenvalue weighted by molar-refractivity contribution is -0.943. The Morgan fingerprint density at radius 1 is 1.05 bits per heavy atom. The fourth-order valence-corrected chi connectivity index (χ4v) is 3.45. The summed E-state index contributed by atoms with van der Waals surface area (Å²) in [5, 5.41) is 0. The van der Waals surface area contributed by atoms with Gasteiger partial charge in [-0.2, -0.15) is 0 Å². The number of hydrogen-bond donors (Lipinski definition) is 0. The second kappa shape index (κ2) is 6.30. The molecule has 0 amide bonds. The van der Waals surface area contributed by atoms with Crippen LogP contribution < -0.4 is 0 Å². The number of nitrogens with zero attached hydrogens (tertiary/aromatic N) is 1. The summed E-state index contributed by atoms with van der Waals surface area (Å²) in [5.74, 6) is 0. The Kier molecular flexibility index (Phi) is 4.90. The van der Waals surface area contributed by atoms with Gasteiger partial charge in [0.25, 0.3) is 0 Å². The normalized spacial score (nSPS) is 19.0. The third-order valence-electron chi connectivity index (χ3n) is 5.55. The highest BCUT2D eigenvalue weighted by Crippen LogP contribution is 2.29. The summed E-state index contributed by atoms with van der Waals surface area (Å²) in [7, 11) is 0. The lowest BCUT2D eigenvalue weighted by Gasteiger charge is -2.41. The van der Waals surface area contributed by atoms with Crippen LogP contribution in [0.2, 0.25) is 0 Å². The Morgan fingerprint density at radius 2 is 1.75 bits per heavy atom. The maximum atomic E-state index is 2.47. The molecule has 1 aromatic rings. The van der Waals surface area contributed by atoms with Crippen molar-refractivity contribution in [2.24, 2.45) is 0 Å². The third-order valence-corrected chi connectivity index (χ3v) is 5.55. The van der Waals surface area contributed by atoms with E-state index in [9.17, 15) is 0 Å². The molecular formula is C19H32N+. The van der Waals surface area contributed by atoms with E-state index in [1.165, 1.54) is 67.5 Å². The summed E-state index contributed by atoms with van der Waals surface area (Å²) >= 11 is 0. The van der Waals surface area contributed by atoms with Crippen LogP contribution in [-0.2, 0) is 12.0 Å². The van der Waals surface area contributed by atoms with E-state index in [0.29, 0.717) is 5.41 Å². The minimum atomic E-state index is 0.301. The van der Waals surface area contributed by atoms with Crippen LogP contribution in [0.15, 0.2) is 24.3 Å². The molecular weight excluding hydrogens is 242 g/mol. The van der Waals surface area contributed by atoms with Crippen molar-refractivity contribution in [3.8, 4) is 0 Å². The molecule has 1 heteroatoms. The van der Waals surface area contributed by atoms with E-state index >= 15 is 0 Å². The van der Waals surface area contributed by atoms with Gasteiger partial charge < -0.3 is 4.48 Å². The predicted octanol–water partition coefficient (Wildman–Crippen LogP) is 4.89. The fourth-order valence-electron chi connectivity index (χ4n) is 3.45. The van der Waals surface area contributed by atoms with Crippen LogP contribution in [-0.4, -0.2) is 24.1 Å². The van der Waals surface area contributed by atoms with Gasteiger partial charge in [-0.05, 0) is 49.7 Å². The quantitative estimate of drug-likeness (QED) is 0.670. The zero-order chi connectivity index (χ0) is 14.6. The van der Waals surface area contributed by atoms with E-state index in [0.717, 1.165) is 0 Å². The Hall–Kier alpha value is -0.820. The molecule has 0 spiro atoms. The van der Waals surface area contributed by atoms with Gasteiger partial charge in [0.15, 0.2) is 0 Å². The molecule has 20 heavy (non-hydrogen) atoms. The Labute approximate surface area is 125 Å². The van der Waals surface area contributed by atoms with E-state index in [1.807, 2.05) is 0 Å². The number of rotatable bonds is 5. The van der Waals surface area contributed by atoms with Crippen LogP contribution in [0.1, 0.15) is 64.5 Å². The molecule has 112 valence electrons. The lowest BCUT2D eigenvalue weighted by Crippen LogP contribution is -2.50. The van der Waals surface area contributed by atoms with Crippen LogP contribution >= 0.6 is 0 Å². The molecule has 1 fully saturated rings. The first-order valence-electron chi connectivity index (χ1n) is 8.46. The van der Waals surface area contributed by atoms with Crippen LogP contribution in [0.4, 0.5) is 0 Å². The topological polar surface area (TPSA) is 0 Å². The average Bonchev–Trinajstić information content (AvgIpc) is 2.48. The van der Waals surface area contributed by atoms with Crippen molar-refractivity contribution in [3.63, 3.8) is 0 Å². The van der Waals surface area contributed by atoms with Gasteiger partial charge in [0.05, 0.1) is 19.6 Å². The van der Waals surface area contributed by atoms with Crippen molar-refractivity contribution in [2.75, 3.05) is 19.6 Å². The average molecular weight is 274 g/mol. The number of hydrogen-bond acceptors (Lipinski definition) is 0. The van der Waals surface area contributed by atoms with E-state index in [1.54, 1.807) is 0 Å². The monoisotopic (exact) mass is 274 g/mol. The smallest absolute Gasteiger partial charge is 0.104 e. The van der Waals surface area contributed by atoms with Crippen LogP contribution in [0.25, 0.3) is 0 Å². The van der Waals surface area contributed by atoms with Crippen molar-refractivity contribution in [1.82, 2.24) is 0 Å². The highest BCUT2D eigenvalue weighted by Gasteiger charge is 2.28. The molecule has 2 rings (SSSR count). The number of likely N-dealkylation sites (tertiary alicyclic amines) is 1. The van der Waals surface area contributed by atoms with E-state index in [4.69, 9.17) is 0 Å². The van der Waals surface area contributed by atoms with Gasteiger partial charge in [-0.15, -0.1) is 0 Å². The molecule has 0 bridgehead atoms. The Balaban J connectivity index is 2.18. The molecule has 1 saturated heterocycles. The first-order valence-corrected chi connectivity index (χ1v) is 8.46. The molecule has 0 aromatic heterocycles. The first kappa shape index (κ1) is 15.6. The van der Waals surface area contributed by atoms with Gasteiger partial charge in [0.2, 0.25) is 0 Å². The molecule has 0 radical (unpaired) electrons. The molecule has 0 unspecified atom stereocenters.